The van der Waals surface area contributed by atoms with E-state index in [0.29, 0.717) is 16.9 Å². The molecule has 1 saturated heterocycles. The molecule has 0 atom stereocenters. The van der Waals surface area contributed by atoms with Crippen molar-refractivity contribution >= 4 is 18.0 Å². The summed E-state index contributed by atoms with van der Waals surface area (Å²) in [5, 5.41) is 0. The number of benzene rings is 2. The van der Waals surface area contributed by atoms with E-state index in [-0.39, 0.29) is 17.9 Å². The van der Waals surface area contributed by atoms with Crippen molar-refractivity contribution in [3.8, 4) is 11.5 Å². The maximum atomic E-state index is 13.8. The zero-order valence-electron chi connectivity index (χ0n) is 16.0. The van der Waals surface area contributed by atoms with Crippen LogP contribution < -0.4 is 9.47 Å². The van der Waals surface area contributed by atoms with E-state index >= 15 is 0 Å². The summed E-state index contributed by atoms with van der Waals surface area (Å²) in [6.07, 6.45) is 1.32. The van der Waals surface area contributed by atoms with Gasteiger partial charge in [0.15, 0.2) is 11.6 Å². The first kappa shape index (κ1) is 20.3. The molecule has 1 aliphatic rings. The van der Waals surface area contributed by atoms with Gasteiger partial charge >= 0.3 is 11.9 Å². The standard InChI is InChI=1S/C21H18F2O6/c1-21(2)28-19(24)15(20(25)29-21)9-12-4-6-17(26-3)13(8-12)11-27-18-7-5-14(22)10-16(18)23/h4-10H,11H2,1-3H3. The molecule has 1 aliphatic heterocycles. The largest absolute Gasteiger partial charge is 0.496 e. The Kier molecular flexibility index (Phi) is 5.54. The second kappa shape index (κ2) is 7.90. The number of cyclic esters (lactones) is 2. The number of ether oxygens (including phenoxy) is 4. The molecule has 0 bridgehead atoms. The van der Waals surface area contributed by atoms with Crippen molar-refractivity contribution in [3.63, 3.8) is 0 Å². The number of esters is 2. The van der Waals surface area contributed by atoms with Crippen LogP contribution in [0.1, 0.15) is 25.0 Å². The molecule has 0 unspecified atom stereocenters. The van der Waals surface area contributed by atoms with Crippen LogP contribution >= 0.6 is 0 Å². The minimum atomic E-state index is -1.33. The third-order valence-electron chi connectivity index (χ3n) is 4.01. The minimum Gasteiger partial charge on any atom is -0.496 e. The Labute approximate surface area is 165 Å². The van der Waals surface area contributed by atoms with Gasteiger partial charge in [-0.2, -0.15) is 0 Å². The lowest BCUT2D eigenvalue weighted by molar-refractivity contribution is -0.222. The van der Waals surface area contributed by atoms with Gasteiger partial charge in [-0.1, -0.05) is 6.07 Å². The highest BCUT2D eigenvalue weighted by atomic mass is 19.1. The number of halogens is 2. The van der Waals surface area contributed by atoms with Crippen molar-refractivity contribution in [1.29, 1.82) is 0 Å². The summed E-state index contributed by atoms with van der Waals surface area (Å²) in [7, 11) is 1.45. The molecule has 2 aromatic carbocycles. The second-order valence-corrected chi connectivity index (χ2v) is 6.67. The summed E-state index contributed by atoms with van der Waals surface area (Å²) in [5.74, 6) is -4.15. The van der Waals surface area contributed by atoms with Crippen molar-refractivity contribution in [1.82, 2.24) is 0 Å². The van der Waals surface area contributed by atoms with Crippen LogP contribution in [0.3, 0.4) is 0 Å². The molecule has 0 spiro atoms. The fourth-order valence-corrected chi connectivity index (χ4v) is 2.69. The van der Waals surface area contributed by atoms with E-state index in [9.17, 15) is 18.4 Å². The summed E-state index contributed by atoms with van der Waals surface area (Å²) in [4.78, 5) is 24.2. The number of methoxy groups -OCH3 is 1. The van der Waals surface area contributed by atoms with Crippen LogP contribution in [0.2, 0.25) is 0 Å². The lowest BCUT2D eigenvalue weighted by Gasteiger charge is -2.29. The van der Waals surface area contributed by atoms with Crippen LogP contribution in [0.25, 0.3) is 6.08 Å². The van der Waals surface area contributed by atoms with E-state index in [2.05, 4.69) is 0 Å². The maximum Gasteiger partial charge on any atom is 0.348 e. The van der Waals surface area contributed by atoms with E-state index < -0.39 is 29.4 Å². The molecular formula is C21H18F2O6. The molecule has 3 rings (SSSR count). The molecule has 1 heterocycles. The Hall–Kier alpha value is -3.42. The summed E-state index contributed by atoms with van der Waals surface area (Å²) >= 11 is 0. The van der Waals surface area contributed by atoms with Gasteiger partial charge in [0.1, 0.15) is 23.7 Å². The van der Waals surface area contributed by atoms with Crippen LogP contribution in [0, 0.1) is 11.6 Å². The van der Waals surface area contributed by atoms with Crippen LogP contribution in [0.15, 0.2) is 42.0 Å². The predicted octanol–water partition coefficient (Wildman–Crippen LogP) is 3.77. The fourth-order valence-electron chi connectivity index (χ4n) is 2.69. The molecule has 6 nitrogen and oxygen atoms in total. The van der Waals surface area contributed by atoms with Gasteiger partial charge in [0.25, 0.3) is 5.79 Å². The van der Waals surface area contributed by atoms with E-state index in [1.54, 1.807) is 18.2 Å². The predicted molar refractivity (Wildman–Crippen MR) is 97.9 cm³/mol. The number of hydrogen-bond acceptors (Lipinski definition) is 6. The average Bonchev–Trinajstić information content (AvgIpc) is 2.63. The Morgan fingerprint density at radius 1 is 1.00 bits per heavy atom. The van der Waals surface area contributed by atoms with Gasteiger partial charge in [-0.15, -0.1) is 0 Å². The first-order chi connectivity index (χ1) is 13.7. The molecule has 0 aliphatic carbocycles. The van der Waals surface area contributed by atoms with E-state index in [1.807, 2.05) is 0 Å². The first-order valence-electron chi connectivity index (χ1n) is 8.61. The maximum absolute atomic E-state index is 13.8. The molecule has 0 saturated carbocycles. The van der Waals surface area contributed by atoms with Gasteiger partial charge in [-0.05, 0) is 35.9 Å². The van der Waals surface area contributed by atoms with E-state index in [1.165, 1.54) is 33.1 Å². The van der Waals surface area contributed by atoms with Crippen LogP contribution in [-0.4, -0.2) is 24.8 Å². The Bertz CT molecular complexity index is 975. The number of hydrogen-bond donors (Lipinski definition) is 0. The van der Waals surface area contributed by atoms with Crippen molar-refractivity contribution in [2.24, 2.45) is 0 Å². The number of rotatable bonds is 5. The highest BCUT2D eigenvalue weighted by molar-refractivity contribution is 6.18. The molecule has 0 aromatic heterocycles. The summed E-state index contributed by atoms with van der Waals surface area (Å²) in [6, 6.07) is 7.81. The lowest BCUT2D eigenvalue weighted by atomic mass is 10.1. The second-order valence-electron chi connectivity index (χ2n) is 6.67. The molecule has 0 radical (unpaired) electrons. The Balaban J connectivity index is 1.85. The number of carbonyl (C=O) groups is 2. The Morgan fingerprint density at radius 2 is 1.66 bits per heavy atom. The van der Waals surface area contributed by atoms with Crippen LogP contribution in [-0.2, 0) is 25.7 Å². The van der Waals surface area contributed by atoms with Gasteiger partial charge in [-0.25, -0.2) is 18.4 Å². The van der Waals surface area contributed by atoms with Crippen molar-refractivity contribution in [2.45, 2.75) is 26.2 Å². The molecule has 0 amide bonds. The molecule has 8 heteroatoms. The smallest absolute Gasteiger partial charge is 0.348 e. The summed E-state index contributed by atoms with van der Waals surface area (Å²) in [5.41, 5.74) is 0.738. The van der Waals surface area contributed by atoms with Gasteiger partial charge in [-0.3, -0.25) is 0 Å². The van der Waals surface area contributed by atoms with Crippen LogP contribution in [0.4, 0.5) is 8.78 Å². The van der Waals surface area contributed by atoms with E-state index in [0.717, 1.165) is 12.1 Å². The third-order valence-corrected chi connectivity index (χ3v) is 4.01. The Morgan fingerprint density at radius 3 is 2.28 bits per heavy atom. The molecular weight excluding hydrogens is 386 g/mol. The normalized spacial score (nSPS) is 15.4. The van der Waals surface area contributed by atoms with Crippen molar-refractivity contribution in [2.75, 3.05) is 7.11 Å². The lowest BCUT2D eigenvalue weighted by Crippen LogP contribution is -2.41. The highest BCUT2D eigenvalue weighted by Crippen LogP contribution is 2.27. The van der Waals surface area contributed by atoms with Gasteiger partial charge < -0.3 is 18.9 Å². The number of carbonyl (C=O) groups excluding carboxylic acids is 2. The zero-order valence-corrected chi connectivity index (χ0v) is 16.0. The molecule has 152 valence electrons. The van der Waals surface area contributed by atoms with Gasteiger partial charge in [0.05, 0.1) is 7.11 Å². The average molecular weight is 404 g/mol. The monoisotopic (exact) mass is 404 g/mol. The summed E-state index contributed by atoms with van der Waals surface area (Å²) in [6.45, 7) is 2.82. The molecule has 0 N–H and O–H groups in total. The van der Waals surface area contributed by atoms with Gasteiger partial charge in [0, 0.05) is 25.5 Å². The minimum absolute atomic E-state index is 0.0926. The molecule has 2 aromatic rings. The fraction of sp³-hybridized carbons (Fsp3) is 0.238. The van der Waals surface area contributed by atoms with Crippen molar-refractivity contribution < 1.29 is 37.3 Å². The first-order valence-corrected chi connectivity index (χ1v) is 8.61. The van der Waals surface area contributed by atoms with Gasteiger partial charge in [0.2, 0.25) is 0 Å². The SMILES string of the molecule is COc1ccc(C=C2C(=O)OC(C)(C)OC2=O)cc1COc1ccc(F)cc1F. The summed E-state index contributed by atoms with van der Waals surface area (Å²) < 4.78 is 47.6. The molecule has 29 heavy (non-hydrogen) atoms. The highest BCUT2D eigenvalue weighted by Gasteiger charge is 2.38. The quantitative estimate of drug-likeness (QED) is 0.429. The zero-order chi connectivity index (χ0) is 21.2. The van der Waals surface area contributed by atoms with E-state index in [4.69, 9.17) is 18.9 Å². The van der Waals surface area contributed by atoms with Crippen molar-refractivity contribution in [3.05, 3.63) is 64.7 Å². The third kappa shape index (κ3) is 4.71. The topological polar surface area (TPSA) is 71.1 Å². The van der Waals surface area contributed by atoms with Crippen LogP contribution in [0.5, 0.6) is 11.5 Å². The molecule has 1 fully saturated rings.